The van der Waals surface area contributed by atoms with E-state index in [1.54, 1.807) is 18.3 Å². The van der Waals surface area contributed by atoms with E-state index in [0.29, 0.717) is 23.8 Å². The molecule has 5 nitrogen and oxygen atoms in total. The minimum absolute atomic E-state index is 0.197. The second-order valence-electron chi connectivity index (χ2n) is 6.04. The molecule has 0 aliphatic heterocycles. The number of ether oxygens (including phenoxy) is 1. The van der Waals surface area contributed by atoms with Gasteiger partial charge in [-0.2, -0.15) is 0 Å². The van der Waals surface area contributed by atoms with Crippen LogP contribution < -0.4 is 10.1 Å². The highest BCUT2D eigenvalue weighted by molar-refractivity contribution is 7.21. The SMILES string of the molecule is CC(Oc1ccccc1)C(=O)NCc1ccc(-c2nc3ccccc3s2)o1. The van der Waals surface area contributed by atoms with Crippen molar-refractivity contribution in [1.29, 1.82) is 0 Å². The highest BCUT2D eigenvalue weighted by Gasteiger charge is 2.16. The largest absolute Gasteiger partial charge is 0.481 e. The molecule has 4 aromatic rings. The first kappa shape index (κ1) is 17.3. The Balaban J connectivity index is 1.37. The highest BCUT2D eigenvalue weighted by Crippen LogP contribution is 2.31. The lowest BCUT2D eigenvalue weighted by Crippen LogP contribution is -2.35. The molecule has 27 heavy (non-hydrogen) atoms. The van der Waals surface area contributed by atoms with E-state index < -0.39 is 6.10 Å². The highest BCUT2D eigenvalue weighted by atomic mass is 32.1. The molecule has 0 saturated heterocycles. The summed E-state index contributed by atoms with van der Waals surface area (Å²) in [6.07, 6.45) is -0.592. The number of nitrogens with one attached hydrogen (secondary N) is 1. The van der Waals surface area contributed by atoms with Crippen LogP contribution >= 0.6 is 11.3 Å². The Kier molecular flexibility index (Phi) is 4.89. The maximum absolute atomic E-state index is 12.2. The fraction of sp³-hybridized carbons (Fsp3) is 0.143. The zero-order valence-corrected chi connectivity index (χ0v) is 15.5. The Bertz CT molecular complexity index is 1020. The summed E-state index contributed by atoms with van der Waals surface area (Å²) in [6, 6.07) is 21.0. The molecule has 1 amide bonds. The van der Waals surface area contributed by atoms with Crippen LogP contribution in [-0.2, 0) is 11.3 Å². The molecule has 0 radical (unpaired) electrons. The lowest BCUT2D eigenvalue weighted by molar-refractivity contribution is -0.127. The van der Waals surface area contributed by atoms with Crippen LogP contribution in [0, 0.1) is 0 Å². The third kappa shape index (κ3) is 4.01. The van der Waals surface area contributed by atoms with E-state index in [1.807, 2.05) is 66.7 Å². The number of rotatable bonds is 6. The van der Waals surface area contributed by atoms with E-state index in [2.05, 4.69) is 10.3 Å². The number of nitrogens with zero attached hydrogens (tertiary/aromatic N) is 1. The fourth-order valence-corrected chi connectivity index (χ4v) is 3.57. The van der Waals surface area contributed by atoms with Gasteiger partial charge in [0.15, 0.2) is 16.9 Å². The number of hydrogen-bond donors (Lipinski definition) is 1. The minimum Gasteiger partial charge on any atom is -0.481 e. The minimum atomic E-state index is -0.592. The van der Waals surface area contributed by atoms with Gasteiger partial charge < -0.3 is 14.5 Å². The lowest BCUT2D eigenvalue weighted by Gasteiger charge is -2.14. The topological polar surface area (TPSA) is 64.4 Å². The summed E-state index contributed by atoms with van der Waals surface area (Å²) in [7, 11) is 0. The Labute approximate surface area is 160 Å². The summed E-state index contributed by atoms with van der Waals surface area (Å²) in [5.41, 5.74) is 0.954. The molecule has 0 aliphatic rings. The zero-order valence-electron chi connectivity index (χ0n) is 14.7. The van der Waals surface area contributed by atoms with Crippen LogP contribution in [-0.4, -0.2) is 17.0 Å². The summed E-state index contributed by atoms with van der Waals surface area (Å²) in [5, 5.41) is 3.66. The van der Waals surface area contributed by atoms with Crippen molar-refractivity contribution in [2.24, 2.45) is 0 Å². The van der Waals surface area contributed by atoms with E-state index in [1.165, 1.54) is 0 Å². The number of carbonyl (C=O) groups is 1. The molecule has 1 N–H and O–H groups in total. The van der Waals surface area contributed by atoms with Crippen molar-refractivity contribution in [1.82, 2.24) is 10.3 Å². The summed E-state index contributed by atoms with van der Waals surface area (Å²) in [6.45, 7) is 2.02. The predicted molar refractivity (Wildman–Crippen MR) is 106 cm³/mol. The molecular formula is C21H18N2O3S. The second kappa shape index (κ2) is 7.63. The Morgan fingerprint density at radius 2 is 1.89 bits per heavy atom. The Hall–Kier alpha value is -3.12. The van der Waals surface area contributed by atoms with E-state index in [0.717, 1.165) is 15.2 Å². The van der Waals surface area contributed by atoms with Crippen molar-refractivity contribution in [3.63, 3.8) is 0 Å². The van der Waals surface area contributed by atoms with Crippen LogP contribution in [0.5, 0.6) is 5.75 Å². The lowest BCUT2D eigenvalue weighted by atomic mass is 10.3. The smallest absolute Gasteiger partial charge is 0.261 e. The van der Waals surface area contributed by atoms with Crippen molar-refractivity contribution in [2.75, 3.05) is 0 Å². The number of para-hydroxylation sites is 2. The van der Waals surface area contributed by atoms with Crippen LogP contribution in [0.4, 0.5) is 0 Å². The fourth-order valence-electron chi connectivity index (χ4n) is 2.64. The quantitative estimate of drug-likeness (QED) is 0.531. The van der Waals surface area contributed by atoms with Crippen LogP contribution in [0.2, 0.25) is 0 Å². The van der Waals surface area contributed by atoms with Gasteiger partial charge in [-0.05, 0) is 43.3 Å². The van der Waals surface area contributed by atoms with Gasteiger partial charge in [-0.1, -0.05) is 30.3 Å². The van der Waals surface area contributed by atoms with Gasteiger partial charge in [0.25, 0.3) is 5.91 Å². The monoisotopic (exact) mass is 378 g/mol. The van der Waals surface area contributed by atoms with Gasteiger partial charge in [0, 0.05) is 0 Å². The standard InChI is InChI=1S/C21H18N2O3S/c1-14(25-15-7-3-2-4-8-15)20(24)22-13-16-11-12-18(26-16)21-23-17-9-5-6-10-19(17)27-21/h2-12,14H,13H2,1H3,(H,22,24). The van der Waals surface area contributed by atoms with E-state index in [4.69, 9.17) is 9.15 Å². The third-order valence-electron chi connectivity index (χ3n) is 4.03. The molecule has 0 bridgehead atoms. The molecule has 1 atom stereocenters. The van der Waals surface area contributed by atoms with Crippen molar-refractivity contribution < 1.29 is 13.9 Å². The van der Waals surface area contributed by atoms with Gasteiger partial charge >= 0.3 is 0 Å². The summed E-state index contributed by atoms with van der Waals surface area (Å²) < 4.78 is 12.6. The predicted octanol–water partition coefficient (Wildman–Crippen LogP) is 4.64. The molecule has 1 unspecified atom stereocenters. The van der Waals surface area contributed by atoms with E-state index in [-0.39, 0.29) is 5.91 Å². The number of benzene rings is 2. The molecule has 136 valence electrons. The summed E-state index contributed by atoms with van der Waals surface area (Å²) in [5.74, 6) is 1.84. The number of thiazole rings is 1. The average molecular weight is 378 g/mol. The maximum Gasteiger partial charge on any atom is 0.261 e. The molecule has 0 saturated carbocycles. The van der Waals surface area contributed by atoms with Gasteiger partial charge in [-0.3, -0.25) is 4.79 Å². The number of carbonyl (C=O) groups excluding carboxylic acids is 1. The van der Waals surface area contributed by atoms with Crippen molar-refractivity contribution >= 4 is 27.5 Å². The molecular weight excluding hydrogens is 360 g/mol. The van der Waals surface area contributed by atoms with Crippen LogP contribution in [0.25, 0.3) is 21.0 Å². The van der Waals surface area contributed by atoms with Gasteiger partial charge in [-0.25, -0.2) is 4.98 Å². The van der Waals surface area contributed by atoms with Crippen LogP contribution in [0.3, 0.4) is 0 Å². The first-order valence-corrected chi connectivity index (χ1v) is 9.45. The first-order valence-electron chi connectivity index (χ1n) is 8.63. The number of aromatic nitrogens is 1. The van der Waals surface area contributed by atoms with E-state index in [9.17, 15) is 4.79 Å². The van der Waals surface area contributed by atoms with Gasteiger partial charge in [0.05, 0.1) is 16.8 Å². The number of furan rings is 1. The molecule has 0 spiro atoms. The van der Waals surface area contributed by atoms with Crippen molar-refractivity contribution in [3.05, 3.63) is 72.5 Å². The normalized spacial score (nSPS) is 12.0. The number of hydrogen-bond acceptors (Lipinski definition) is 5. The molecule has 0 aliphatic carbocycles. The summed E-state index contributed by atoms with van der Waals surface area (Å²) >= 11 is 1.58. The number of fused-ring (bicyclic) bond motifs is 1. The number of amides is 1. The van der Waals surface area contributed by atoms with E-state index >= 15 is 0 Å². The zero-order chi connectivity index (χ0) is 18.6. The second-order valence-corrected chi connectivity index (χ2v) is 7.07. The van der Waals surface area contributed by atoms with Gasteiger partial charge in [-0.15, -0.1) is 11.3 Å². The Morgan fingerprint density at radius 3 is 2.70 bits per heavy atom. The maximum atomic E-state index is 12.2. The Morgan fingerprint density at radius 1 is 1.11 bits per heavy atom. The third-order valence-corrected chi connectivity index (χ3v) is 5.08. The van der Waals surface area contributed by atoms with Gasteiger partial charge in [0.2, 0.25) is 0 Å². The molecule has 6 heteroatoms. The summed E-state index contributed by atoms with van der Waals surface area (Å²) in [4.78, 5) is 16.8. The average Bonchev–Trinajstić information content (AvgIpc) is 3.33. The van der Waals surface area contributed by atoms with Crippen molar-refractivity contribution in [2.45, 2.75) is 19.6 Å². The van der Waals surface area contributed by atoms with Gasteiger partial charge in [0.1, 0.15) is 11.5 Å². The van der Waals surface area contributed by atoms with Crippen LogP contribution in [0.1, 0.15) is 12.7 Å². The molecule has 0 fully saturated rings. The molecule has 2 heterocycles. The molecule has 4 rings (SSSR count). The molecule has 2 aromatic carbocycles. The van der Waals surface area contributed by atoms with Crippen LogP contribution in [0.15, 0.2) is 71.1 Å². The van der Waals surface area contributed by atoms with Crippen molar-refractivity contribution in [3.8, 4) is 16.5 Å². The molecule has 2 aromatic heterocycles. The first-order chi connectivity index (χ1) is 13.2.